The van der Waals surface area contributed by atoms with Gasteiger partial charge in [0.1, 0.15) is 60.1 Å². The van der Waals surface area contributed by atoms with Crippen molar-refractivity contribution in [2.75, 3.05) is 94.0 Å². The number of rotatable bonds is 15. The topological polar surface area (TPSA) is 400 Å². The summed E-state index contributed by atoms with van der Waals surface area (Å²) >= 11 is 0. The molecule has 10 atom stereocenters. The van der Waals surface area contributed by atoms with Crippen molar-refractivity contribution in [1.82, 2.24) is 71.9 Å². The smallest absolute Gasteiger partial charge is 0.246 e. The Labute approximate surface area is 679 Å². The summed E-state index contributed by atoms with van der Waals surface area (Å²) in [7, 11) is 7.60. The molecule has 0 unspecified atom stereocenters. The Kier molecular flexibility index (Phi) is 30.5. The number of methoxy groups -OCH3 is 1. The Morgan fingerprint density at radius 3 is 2.22 bits per heavy atom. The van der Waals surface area contributed by atoms with E-state index in [9.17, 15) is 33.9 Å². The van der Waals surface area contributed by atoms with Crippen molar-refractivity contribution < 1.29 is 90.5 Å². The van der Waals surface area contributed by atoms with Crippen LogP contribution in [-0.2, 0) is 124 Å². The lowest BCUT2D eigenvalue weighted by molar-refractivity contribution is -0.870. The summed E-state index contributed by atoms with van der Waals surface area (Å²) in [6.07, 6.45) is -1.62. The number of likely N-dealkylation sites (N-methyl/N-ethyl adjacent to an activating group) is 1. The number of nitrogens with one attached hydrogen (secondary N) is 8. The number of hydrogen-bond donors (Lipinski definition) is 9. The zero-order valence-electron chi connectivity index (χ0n) is 67.8. The molecule has 5 aliphatic heterocycles. The molecule has 2 aromatic heterocycles. The summed E-state index contributed by atoms with van der Waals surface area (Å²) in [5, 5.41) is 43.6. The van der Waals surface area contributed by atoms with Gasteiger partial charge in [0.15, 0.2) is 11.6 Å². The fourth-order valence-corrected chi connectivity index (χ4v) is 15.5. The third-order valence-corrected chi connectivity index (χ3v) is 22.1. The average molecular weight is 1620 g/mol. The van der Waals surface area contributed by atoms with Crippen LogP contribution in [0.4, 0.5) is 4.39 Å². The first-order valence-electron chi connectivity index (χ1n) is 39.7. The Morgan fingerprint density at radius 1 is 0.718 bits per heavy atom. The zero-order chi connectivity index (χ0) is 83.0. The number of ether oxygens (including phenoxy) is 4. The Balaban J connectivity index is 0.0000144. The third kappa shape index (κ3) is 23.7. The average Bonchev–Trinajstić information content (AvgIpc) is 1.65. The number of halogens is 1. The van der Waals surface area contributed by atoms with E-state index in [4.69, 9.17) is 18.9 Å². The highest BCUT2D eigenvalue weighted by molar-refractivity contribution is 6.00. The van der Waals surface area contributed by atoms with Gasteiger partial charge in [0, 0.05) is 101 Å². The number of hydrogen-bond acceptors (Lipinski definition) is 19. The lowest BCUT2D eigenvalue weighted by Crippen LogP contribution is -2.60. The number of amides is 10. The highest BCUT2D eigenvalue weighted by Gasteiger charge is 2.50. The van der Waals surface area contributed by atoms with Gasteiger partial charge in [-0.1, -0.05) is 59.8 Å². The van der Waals surface area contributed by atoms with Gasteiger partial charge in [0.2, 0.25) is 59.1 Å². The van der Waals surface area contributed by atoms with Crippen LogP contribution in [0.3, 0.4) is 0 Å². The van der Waals surface area contributed by atoms with Gasteiger partial charge in [-0.15, -0.1) is 5.10 Å². The van der Waals surface area contributed by atoms with E-state index in [0.29, 0.717) is 73.2 Å². The number of Topliss-reactive ketones (excluding diaryl/α,β-unsaturated/α-hetero) is 2. The molecule has 13 bridgehead atoms. The molecular formula is C84H110FN15O17. The van der Waals surface area contributed by atoms with Crippen molar-refractivity contribution in [3.63, 3.8) is 0 Å². The normalized spacial score (nSPS) is 23.9. The van der Waals surface area contributed by atoms with Crippen LogP contribution >= 0.6 is 0 Å². The van der Waals surface area contributed by atoms with Crippen molar-refractivity contribution in [3.8, 4) is 5.75 Å². The molecule has 2 fully saturated rings. The molecular weight excluding hydrogens is 1510 g/mol. The molecule has 5 aliphatic rings. The number of nitrogens with zero attached hydrogens (tertiary/aromatic N) is 7. The molecule has 2 saturated heterocycles. The SMILES string of the molecule is COc1ccc(C[C@@H]2NC(=O)[C@H]([C@@H](C)O)CC(=O)[C@@H]3[C@@H]4CCN3C(=O)[C@H]3CC(=O)[C@H](Cc5cccc(c5)CNC(=O)CO4)NC(=O)[C@@H](CNC(=O)CCOCCOCC[N+](C)(C)C)NC(=O)[C@H](C)NC(=O)CCC(=O)NCc4ccc(cc4Cn4cc(nn4)Cn4cc(c5cc(F)ccc54)C3)CCNC(=O)[C@]3(C)CCCN3C2=O)cc1.[CH3-]. The van der Waals surface area contributed by atoms with Crippen molar-refractivity contribution in [1.29, 1.82) is 0 Å². The second kappa shape index (κ2) is 40.3. The van der Waals surface area contributed by atoms with E-state index in [2.05, 4.69) is 52.8 Å². The minimum absolute atomic E-state index is 0. The number of quaternary nitrogens is 1. The van der Waals surface area contributed by atoms with Gasteiger partial charge in [0.05, 0.1) is 98.1 Å². The number of aliphatic hydroxyl groups excluding tert-OH is 1. The fraction of sp³-hybridized carbons (Fsp3) is 0.512. The van der Waals surface area contributed by atoms with Crippen LogP contribution in [-0.4, -0.2) is 252 Å². The summed E-state index contributed by atoms with van der Waals surface area (Å²) in [6.45, 7) is 4.80. The lowest BCUT2D eigenvalue weighted by atomic mass is 9.87. The maximum absolute atomic E-state index is 16.4. The second-order valence-corrected chi connectivity index (χ2v) is 31.9. The molecule has 630 valence electrons. The van der Waals surface area contributed by atoms with Crippen LogP contribution in [0.5, 0.6) is 5.75 Å². The van der Waals surface area contributed by atoms with E-state index < -0.39 is 162 Å². The van der Waals surface area contributed by atoms with Crippen LogP contribution in [0.25, 0.3) is 10.9 Å². The van der Waals surface area contributed by atoms with Crippen LogP contribution in [0.15, 0.2) is 97.3 Å². The number of aromatic nitrogens is 4. The Morgan fingerprint density at radius 2 is 1.46 bits per heavy atom. The molecule has 0 aliphatic carbocycles. The summed E-state index contributed by atoms with van der Waals surface area (Å²) in [5.41, 5.74) is 3.50. The standard InChI is InChI=1S/C83H106FN15O17.CH3/c1-50-77(107)92-67(44-88-73(104)24-30-114-32-33-115-31-29-99(4,5)6)79(109)90-65-37-54-10-8-11-55(34-54)42-86-75(106)49-116-71-23-28-97-76(71)70(102)41-63(51(2)100)78(108)91-66(36-52-13-17-62(113-7)18-14-52)81(111)98-27-9-25-83(98,3)82(112)85-26-22-53-12-15-56(43-87-72(103)20-21-74(105)89-50)58(35-53)46-96-48-61(93-94-96)47-95-45-59(38-57(80(97)110)39-69(65)101)64-40-60(84)16-19-68(64)95;/h8,10-19,34-35,40,45,48,50-51,57,63,65-67,71,76,100H,9,20-33,36-39,41-44,46-47,49H2,1-7H3,(H7-,85,86,87,88,89,90,91,92,103,104,105,106,107,108,109,112);1H3/q;-1/p+1/t50-,51+,57+,63-,65-,66-,67+,71-,76+,83-;/m0./s1. The van der Waals surface area contributed by atoms with E-state index in [0.717, 1.165) is 12.1 Å². The van der Waals surface area contributed by atoms with Crippen molar-refractivity contribution in [2.45, 2.75) is 172 Å². The largest absolute Gasteiger partial charge is 0.497 e. The third-order valence-electron chi connectivity index (χ3n) is 22.1. The maximum Gasteiger partial charge on any atom is 0.246 e. The van der Waals surface area contributed by atoms with Gasteiger partial charge in [-0.25, -0.2) is 9.07 Å². The maximum atomic E-state index is 16.4. The Bertz CT molecular complexity index is 4600. The van der Waals surface area contributed by atoms with E-state index in [1.165, 1.54) is 42.9 Å². The molecule has 9 N–H and O–H groups in total. The van der Waals surface area contributed by atoms with Crippen molar-refractivity contribution in [2.24, 2.45) is 11.8 Å². The van der Waals surface area contributed by atoms with Gasteiger partial charge in [-0.05, 0) is 129 Å². The first-order valence-corrected chi connectivity index (χ1v) is 39.7. The van der Waals surface area contributed by atoms with Crippen LogP contribution < -0.4 is 47.3 Å². The molecule has 7 heterocycles. The van der Waals surface area contributed by atoms with Gasteiger partial charge in [-0.3, -0.25) is 57.5 Å². The monoisotopic (exact) mass is 1620 g/mol. The molecule has 117 heavy (non-hydrogen) atoms. The molecule has 11 rings (SSSR count). The van der Waals surface area contributed by atoms with E-state index in [-0.39, 0.29) is 131 Å². The van der Waals surface area contributed by atoms with Crippen LogP contribution in [0.2, 0.25) is 0 Å². The van der Waals surface area contributed by atoms with Gasteiger partial charge in [-0.2, -0.15) is 0 Å². The highest BCUT2D eigenvalue weighted by atomic mass is 19.1. The molecule has 0 saturated carbocycles. The number of aliphatic hydroxyl groups is 1. The molecule has 0 spiro atoms. The summed E-state index contributed by atoms with van der Waals surface area (Å²) < 4.78 is 43.2. The van der Waals surface area contributed by atoms with E-state index in [1.807, 2.05) is 39.3 Å². The minimum atomic E-state index is -1.67. The van der Waals surface area contributed by atoms with E-state index in [1.54, 1.807) is 83.2 Å². The summed E-state index contributed by atoms with van der Waals surface area (Å²) in [4.78, 5) is 181. The number of carbonyl (C=O) groups is 12. The summed E-state index contributed by atoms with van der Waals surface area (Å²) in [5.74, 6) is -12.0. The first-order chi connectivity index (χ1) is 55.5. The quantitative estimate of drug-likeness (QED) is 0.0402. The number of carbonyl (C=O) groups excluding carboxylic acids is 12. The predicted molar refractivity (Wildman–Crippen MR) is 426 cm³/mol. The number of benzene rings is 4. The molecule has 0 radical (unpaired) electrons. The van der Waals surface area contributed by atoms with Crippen molar-refractivity contribution >= 4 is 81.5 Å². The zero-order valence-corrected chi connectivity index (χ0v) is 67.8. The minimum Gasteiger partial charge on any atom is -0.497 e. The number of fused-ring (bicyclic) bond motifs is 7. The van der Waals surface area contributed by atoms with Crippen LogP contribution in [0.1, 0.15) is 117 Å². The predicted octanol–water partition coefficient (Wildman–Crippen LogP) is 1.77. The highest BCUT2D eigenvalue weighted by Crippen LogP contribution is 2.35. The fourth-order valence-electron chi connectivity index (χ4n) is 15.5. The molecule has 32 nitrogen and oxygen atoms in total. The first kappa shape index (κ1) is 88.5. The Hall–Kier alpha value is -10.9. The molecule has 4 aromatic carbocycles. The molecule has 10 amide bonds. The number of ketones is 2. The second-order valence-electron chi connectivity index (χ2n) is 31.9. The molecule has 33 heteroatoms. The summed E-state index contributed by atoms with van der Waals surface area (Å²) in [6, 6.07) is 15.6. The van der Waals surface area contributed by atoms with Crippen LogP contribution in [0, 0.1) is 25.1 Å². The van der Waals surface area contributed by atoms with Crippen molar-refractivity contribution in [3.05, 3.63) is 155 Å². The molecule has 6 aromatic rings. The van der Waals surface area contributed by atoms with Gasteiger partial charge in [0.25, 0.3) is 0 Å². The van der Waals surface area contributed by atoms with E-state index >= 15 is 33.2 Å². The van der Waals surface area contributed by atoms with Gasteiger partial charge < -0.3 is 92.9 Å². The van der Waals surface area contributed by atoms with Gasteiger partial charge >= 0.3 is 0 Å². The lowest BCUT2D eigenvalue weighted by Gasteiger charge is -2.37.